The first kappa shape index (κ1) is 19.1. The van der Waals surface area contributed by atoms with Gasteiger partial charge in [0.25, 0.3) is 0 Å². The van der Waals surface area contributed by atoms with E-state index in [0.29, 0.717) is 13.0 Å². The molecule has 0 aliphatic rings. The number of benzene rings is 2. The van der Waals surface area contributed by atoms with Crippen molar-refractivity contribution in [2.45, 2.75) is 24.3 Å². The van der Waals surface area contributed by atoms with Crippen molar-refractivity contribution < 1.29 is 17.6 Å². The molecule has 0 saturated heterocycles. The van der Waals surface area contributed by atoms with Gasteiger partial charge in [-0.15, -0.1) is 0 Å². The number of sulfonamides is 1. The lowest BCUT2D eigenvalue weighted by atomic mass is 10.1. The molecule has 0 aliphatic carbocycles. The Morgan fingerprint density at radius 2 is 1.85 bits per heavy atom. The molecule has 3 rings (SSSR count). The summed E-state index contributed by atoms with van der Waals surface area (Å²) in [6.45, 7) is 1.77. The molecule has 3 N–H and O–H groups in total. The van der Waals surface area contributed by atoms with Gasteiger partial charge >= 0.3 is 0 Å². The Labute approximate surface area is 156 Å². The fourth-order valence-electron chi connectivity index (χ4n) is 2.82. The van der Waals surface area contributed by atoms with Gasteiger partial charge in [-0.25, -0.2) is 12.8 Å². The standard InChI is InChI=1S/C19H20FN3O3S/c1-13(23-27(25,26)18-9-5-3-7-16(18)20)19(24)21-11-10-14-12-22-17-8-4-2-6-15(14)17/h2-9,12-13,22-23H,10-11H2,1H3,(H,21,24)/t13-/m0/s1. The Morgan fingerprint density at radius 1 is 1.15 bits per heavy atom. The van der Waals surface area contributed by atoms with Crippen molar-refractivity contribution in [3.05, 3.63) is 66.1 Å². The summed E-state index contributed by atoms with van der Waals surface area (Å²) >= 11 is 0. The zero-order valence-electron chi connectivity index (χ0n) is 14.7. The van der Waals surface area contributed by atoms with Crippen molar-refractivity contribution in [1.82, 2.24) is 15.0 Å². The maximum absolute atomic E-state index is 13.7. The van der Waals surface area contributed by atoms with Crippen LogP contribution in [0.2, 0.25) is 0 Å². The molecule has 0 radical (unpaired) electrons. The highest BCUT2D eigenvalue weighted by Gasteiger charge is 2.24. The Kier molecular flexibility index (Phi) is 5.57. The maximum atomic E-state index is 13.7. The van der Waals surface area contributed by atoms with E-state index in [-0.39, 0.29) is 0 Å². The van der Waals surface area contributed by atoms with E-state index in [2.05, 4.69) is 15.0 Å². The number of fused-ring (bicyclic) bond motifs is 1. The van der Waals surface area contributed by atoms with Crippen molar-refractivity contribution in [2.75, 3.05) is 6.54 Å². The van der Waals surface area contributed by atoms with Gasteiger partial charge in [-0.05, 0) is 37.1 Å². The Bertz CT molecular complexity index is 1060. The van der Waals surface area contributed by atoms with E-state index in [4.69, 9.17) is 0 Å². The monoisotopic (exact) mass is 389 g/mol. The Hall–Kier alpha value is -2.71. The third-order valence-electron chi connectivity index (χ3n) is 4.22. The van der Waals surface area contributed by atoms with Gasteiger partial charge in [0, 0.05) is 23.6 Å². The molecule has 0 bridgehead atoms. The lowest BCUT2D eigenvalue weighted by Crippen LogP contribution is -2.45. The third kappa shape index (κ3) is 4.35. The summed E-state index contributed by atoms with van der Waals surface area (Å²) in [7, 11) is -4.12. The largest absolute Gasteiger partial charge is 0.361 e. The topological polar surface area (TPSA) is 91.1 Å². The number of carbonyl (C=O) groups is 1. The van der Waals surface area contributed by atoms with Crippen LogP contribution in [-0.4, -0.2) is 31.9 Å². The van der Waals surface area contributed by atoms with E-state index in [9.17, 15) is 17.6 Å². The fourth-order valence-corrected chi connectivity index (χ4v) is 4.11. The van der Waals surface area contributed by atoms with Crippen molar-refractivity contribution in [3.63, 3.8) is 0 Å². The second kappa shape index (κ2) is 7.89. The summed E-state index contributed by atoms with van der Waals surface area (Å²) in [5.74, 6) is -1.34. The summed E-state index contributed by atoms with van der Waals surface area (Å²) in [6, 6.07) is 11.8. The average Bonchev–Trinajstić information content (AvgIpc) is 3.05. The number of rotatable bonds is 7. The number of nitrogens with one attached hydrogen (secondary N) is 3. The highest BCUT2D eigenvalue weighted by atomic mass is 32.2. The lowest BCUT2D eigenvalue weighted by Gasteiger charge is -2.14. The number of halogens is 1. The van der Waals surface area contributed by atoms with E-state index in [1.165, 1.54) is 19.1 Å². The van der Waals surface area contributed by atoms with Crippen LogP contribution in [0.4, 0.5) is 4.39 Å². The molecular formula is C19H20FN3O3S. The number of amides is 1. The highest BCUT2D eigenvalue weighted by Crippen LogP contribution is 2.17. The van der Waals surface area contributed by atoms with Gasteiger partial charge in [0.15, 0.2) is 0 Å². The minimum Gasteiger partial charge on any atom is -0.361 e. The molecule has 3 aromatic rings. The molecule has 6 nitrogen and oxygen atoms in total. The van der Waals surface area contributed by atoms with Crippen molar-refractivity contribution in [3.8, 4) is 0 Å². The van der Waals surface area contributed by atoms with Gasteiger partial charge in [0.05, 0.1) is 6.04 Å². The van der Waals surface area contributed by atoms with E-state index in [0.717, 1.165) is 28.6 Å². The fraction of sp³-hybridized carbons (Fsp3) is 0.211. The Balaban J connectivity index is 1.57. The summed E-state index contributed by atoms with van der Waals surface area (Å²) in [4.78, 5) is 14.9. The number of H-pyrrole nitrogens is 1. The average molecular weight is 389 g/mol. The second-order valence-corrected chi connectivity index (χ2v) is 7.86. The van der Waals surface area contributed by atoms with E-state index >= 15 is 0 Å². The minimum atomic E-state index is -4.12. The Morgan fingerprint density at radius 3 is 2.63 bits per heavy atom. The molecule has 142 valence electrons. The summed E-state index contributed by atoms with van der Waals surface area (Å²) in [5, 5.41) is 3.78. The van der Waals surface area contributed by atoms with Crippen molar-refractivity contribution in [1.29, 1.82) is 0 Å². The zero-order chi connectivity index (χ0) is 19.4. The summed E-state index contributed by atoms with van der Waals surface area (Å²) in [6.07, 6.45) is 2.49. The van der Waals surface area contributed by atoms with Gasteiger partial charge in [-0.3, -0.25) is 4.79 Å². The molecule has 2 aromatic carbocycles. The molecule has 0 saturated carbocycles. The summed E-state index contributed by atoms with van der Waals surface area (Å²) < 4.78 is 40.4. The van der Waals surface area contributed by atoms with Crippen LogP contribution < -0.4 is 10.0 Å². The number of para-hydroxylation sites is 1. The van der Waals surface area contributed by atoms with Crippen molar-refractivity contribution in [2.24, 2.45) is 0 Å². The van der Waals surface area contributed by atoms with Gasteiger partial charge in [-0.2, -0.15) is 4.72 Å². The van der Waals surface area contributed by atoms with Crippen LogP contribution in [0.25, 0.3) is 10.9 Å². The quantitative estimate of drug-likeness (QED) is 0.579. The number of aromatic amines is 1. The molecule has 0 aliphatic heterocycles. The first-order chi connectivity index (χ1) is 12.9. The molecule has 1 amide bonds. The van der Waals surface area contributed by atoms with Gasteiger partial charge < -0.3 is 10.3 Å². The van der Waals surface area contributed by atoms with Crippen LogP contribution in [0.5, 0.6) is 0 Å². The minimum absolute atomic E-state index is 0.354. The van der Waals surface area contributed by atoms with Gasteiger partial charge in [0.1, 0.15) is 10.7 Å². The SMILES string of the molecule is C[C@H](NS(=O)(=O)c1ccccc1F)C(=O)NCCc1c[nH]c2ccccc12. The van der Waals surface area contributed by atoms with Crippen LogP contribution in [0.1, 0.15) is 12.5 Å². The molecule has 1 heterocycles. The predicted octanol–water partition coefficient (Wildman–Crippen LogP) is 2.33. The number of hydrogen-bond donors (Lipinski definition) is 3. The van der Waals surface area contributed by atoms with Crippen molar-refractivity contribution >= 4 is 26.8 Å². The van der Waals surface area contributed by atoms with Crippen LogP contribution in [-0.2, 0) is 21.2 Å². The number of aromatic nitrogens is 1. The van der Waals surface area contributed by atoms with Crippen LogP contribution >= 0.6 is 0 Å². The van der Waals surface area contributed by atoms with Crippen LogP contribution in [0.3, 0.4) is 0 Å². The first-order valence-corrected chi connectivity index (χ1v) is 9.96. The molecular weight excluding hydrogens is 369 g/mol. The molecule has 27 heavy (non-hydrogen) atoms. The highest BCUT2D eigenvalue weighted by molar-refractivity contribution is 7.89. The van der Waals surface area contributed by atoms with Gasteiger partial charge in [-0.1, -0.05) is 30.3 Å². The second-order valence-electron chi connectivity index (χ2n) is 6.17. The maximum Gasteiger partial charge on any atom is 0.244 e. The van der Waals surface area contributed by atoms with Crippen LogP contribution in [0.15, 0.2) is 59.6 Å². The van der Waals surface area contributed by atoms with Gasteiger partial charge in [0.2, 0.25) is 15.9 Å². The number of carbonyl (C=O) groups excluding carboxylic acids is 1. The van der Waals surface area contributed by atoms with E-state index in [1.807, 2.05) is 30.5 Å². The lowest BCUT2D eigenvalue weighted by molar-refractivity contribution is -0.122. The molecule has 0 unspecified atom stereocenters. The molecule has 0 spiro atoms. The molecule has 1 aromatic heterocycles. The first-order valence-electron chi connectivity index (χ1n) is 8.48. The predicted molar refractivity (Wildman–Crippen MR) is 101 cm³/mol. The number of hydrogen-bond acceptors (Lipinski definition) is 3. The molecule has 0 fully saturated rings. The van der Waals surface area contributed by atoms with E-state index < -0.39 is 32.7 Å². The normalized spacial score (nSPS) is 12.8. The van der Waals surface area contributed by atoms with Crippen LogP contribution in [0, 0.1) is 5.82 Å². The smallest absolute Gasteiger partial charge is 0.244 e. The molecule has 8 heteroatoms. The molecule has 1 atom stereocenters. The summed E-state index contributed by atoms with van der Waals surface area (Å²) in [5.41, 5.74) is 2.08. The van der Waals surface area contributed by atoms with E-state index in [1.54, 1.807) is 0 Å². The zero-order valence-corrected chi connectivity index (χ0v) is 15.5. The third-order valence-corrected chi connectivity index (χ3v) is 5.79.